The fourth-order valence-electron chi connectivity index (χ4n) is 3.32. The number of hydrogen-bond acceptors (Lipinski definition) is 7. The van der Waals surface area contributed by atoms with Crippen LogP contribution >= 0.6 is 0 Å². The Balaban J connectivity index is 2.25. The van der Waals surface area contributed by atoms with Gasteiger partial charge in [0.15, 0.2) is 0 Å². The highest BCUT2D eigenvalue weighted by atomic mass is 16.5. The van der Waals surface area contributed by atoms with Crippen LogP contribution in [0, 0.1) is 0 Å². The molecule has 0 amide bonds. The molecule has 0 radical (unpaired) electrons. The van der Waals surface area contributed by atoms with E-state index in [0.29, 0.717) is 38.8 Å². The van der Waals surface area contributed by atoms with Gasteiger partial charge in [-0.2, -0.15) is 0 Å². The van der Waals surface area contributed by atoms with Gasteiger partial charge in [0.2, 0.25) is 0 Å². The molecule has 0 spiro atoms. The number of hydrogen-bond donors (Lipinski definition) is 1. The van der Waals surface area contributed by atoms with E-state index < -0.39 is 5.97 Å². The Morgan fingerprint density at radius 1 is 0.893 bits per heavy atom. The molecule has 3 aromatic carbocycles. The lowest BCUT2D eigenvalue weighted by Gasteiger charge is -2.14. The molecule has 1 aromatic heterocycles. The molecule has 0 aliphatic heterocycles. The second-order valence-electron chi connectivity index (χ2n) is 6.08. The number of aromatic hydroxyl groups is 1. The largest absolute Gasteiger partial charge is 0.506 e. The normalized spacial score (nSPS) is 11.1. The van der Waals surface area contributed by atoms with E-state index in [-0.39, 0.29) is 23.4 Å². The molecule has 1 N–H and O–H groups in total. The number of phenols is 1. The van der Waals surface area contributed by atoms with E-state index in [4.69, 9.17) is 19.2 Å². The van der Waals surface area contributed by atoms with Crippen molar-refractivity contribution in [2.45, 2.75) is 6.92 Å². The first-order chi connectivity index (χ1) is 13.6. The Morgan fingerprint density at radius 3 is 2.04 bits per heavy atom. The molecular formula is C21H18N2O5. The van der Waals surface area contributed by atoms with Gasteiger partial charge in [0.25, 0.3) is 0 Å². The first kappa shape index (κ1) is 17.8. The number of carbonyl (C=O) groups is 1. The average Bonchev–Trinajstić information content (AvgIpc) is 2.72. The first-order valence-corrected chi connectivity index (χ1v) is 8.73. The van der Waals surface area contributed by atoms with Gasteiger partial charge in [-0.3, -0.25) is 0 Å². The number of ether oxygens (including phenoxy) is 3. The van der Waals surface area contributed by atoms with Gasteiger partial charge in [-0.05, 0) is 19.1 Å². The van der Waals surface area contributed by atoms with E-state index in [9.17, 15) is 9.90 Å². The lowest BCUT2D eigenvalue weighted by molar-refractivity contribution is 0.0525. The minimum atomic E-state index is -0.661. The van der Waals surface area contributed by atoms with Crippen LogP contribution in [0.5, 0.6) is 17.2 Å². The second-order valence-corrected chi connectivity index (χ2v) is 6.08. The zero-order chi connectivity index (χ0) is 19.8. The van der Waals surface area contributed by atoms with Crippen molar-refractivity contribution in [2.24, 2.45) is 0 Å². The standard InChI is InChI=1S/C21H18N2O5/c1-4-28-21(25)15-19-16(11-7-5-6-8-12(11)20(15)24)22-17-13(26-2)9-10-14(27-3)18(17)23-19/h5-10,24H,4H2,1-3H3. The van der Waals surface area contributed by atoms with Crippen LogP contribution in [0.15, 0.2) is 36.4 Å². The maximum absolute atomic E-state index is 12.6. The van der Waals surface area contributed by atoms with Crippen molar-refractivity contribution in [2.75, 3.05) is 20.8 Å². The maximum Gasteiger partial charge on any atom is 0.344 e. The summed E-state index contributed by atoms with van der Waals surface area (Å²) in [7, 11) is 3.07. The van der Waals surface area contributed by atoms with Gasteiger partial charge >= 0.3 is 5.97 Å². The highest BCUT2D eigenvalue weighted by molar-refractivity contribution is 6.18. The minimum Gasteiger partial charge on any atom is -0.506 e. The van der Waals surface area contributed by atoms with E-state index in [1.54, 1.807) is 38.3 Å². The fraction of sp³-hybridized carbons (Fsp3) is 0.190. The predicted octanol–water partition coefficient (Wildman–Crippen LogP) is 3.84. The van der Waals surface area contributed by atoms with E-state index >= 15 is 0 Å². The molecule has 0 unspecified atom stereocenters. The van der Waals surface area contributed by atoms with Gasteiger partial charge in [0.1, 0.15) is 39.4 Å². The Morgan fingerprint density at radius 2 is 1.46 bits per heavy atom. The van der Waals surface area contributed by atoms with Crippen LogP contribution in [-0.2, 0) is 4.74 Å². The second kappa shape index (κ2) is 6.84. The highest BCUT2D eigenvalue weighted by Crippen LogP contribution is 2.39. The fourth-order valence-corrected chi connectivity index (χ4v) is 3.32. The number of methoxy groups -OCH3 is 2. The molecule has 142 valence electrons. The summed E-state index contributed by atoms with van der Waals surface area (Å²) in [6.45, 7) is 1.87. The van der Waals surface area contributed by atoms with Gasteiger partial charge in [-0.15, -0.1) is 0 Å². The summed E-state index contributed by atoms with van der Waals surface area (Å²) < 4.78 is 16.0. The number of nitrogens with zero attached hydrogens (tertiary/aromatic N) is 2. The molecule has 0 saturated heterocycles. The van der Waals surface area contributed by atoms with Crippen molar-refractivity contribution in [3.05, 3.63) is 42.0 Å². The molecule has 0 bridgehead atoms. The Kier molecular flexibility index (Phi) is 4.35. The van der Waals surface area contributed by atoms with Crippen LogP contribution in [0.3, 0.4) is 0 Å². The monoisotopic (exact) mass is 378 g/mol. The van der Waals surface area contributed by atoms with Crippen LogP contribution in [0.1, 0.15) is 17.3 Å². The Bertz CT molecular complexity index is 1240. The summed E-state index contributed by atoms with van der Waals surface area (Å²) in [4.78, 5) is 22.0. The molecule has 7 nitrogen and oxygen atoms in total. The highest BCUT2D eigenvalue weighted by Gasteiger charge is 2.24. The number of phenolic OH excluding ortho intramolecular Hbond substituents is 1. The lowest BCUT2D eigenvalue weighted by atomic mass is 10.0. The van der Waals surface area contributed by atoms with Crippen molar-refractivity contribution in [1.29, 1.82) is 0 Å². The molecule has 0 fully saturated rings. The molecule has 1 heterocycles. The summed E-state index contributed by atoms with van der Waals surface area (Å²) in [5.74, 6) is 0.163. The number of esters is 1. The van der Waals surface area contributed by atoms with Crippen molar-refractivity contribution in [1.82, 2.24) is 9.97 Å². The summed E-state index contributed by atoms with van der Waals surface area (Å²) >= 11 is 0. The van der Waals surface area contributed by atoms with Gasteiger partial charge in [0.05, 0.1) is 26.3 Å². The molecule has 0 saturated carbocycles. The summed E-state index contributed by atoms with van der Waals surface area (Å²) in [6, 6.07) is 10.6. The maximum atomic E-state index is 12.6. The van der Waals surface area contributed by atoms with E-state index in [1.807, 2.05) is 12.1 Å². The van der Waals surface area contributed by atoms with Gasteiger partial charge in [-0.1, -0.05) is 24.3 Å². The SMILES string of the molecule is CCOC(=O)c1c(O)c2ccccc2c2nc3c(OC)ccc(OC)c3nc12. The molecule has 0 aliphatic carbocycles. The zero-order valence-electron chi connectivity index (χ0n) is 15.6. The summed E-state index contributed by atoms with van der Waals surface area (Å²) in [5, 5.41) is 12.0. The van der Waals surface area contributed by atoms with Gasteiger partial charge < -0.3 is 19.3 Å². The molecule has 0 aliphatic rings. The minimum absolute atomic E-state index is 0.0187. The summed E-state index contributed by atoms with van der Waals surface area (Å²) in [6.07, 6.45) is 0. The molecule has 7 heteroatoms. The smallest absolute Gasteiger partial charge is 0.344 e. The predicted molar refractivity (Wildman–Crippen MR) is 105 cm³/mol. The third-order valence-corrected chi connectivity index (χ3v) is 4.58. The molecule has 0 atom stereocenters. The van der Waals surface area contributed by atoms with Crippen LogP contribution < -0.4 is 9.47 Å². The van der Waals surface area contributed by atoms with Crippen molar-refractivity contribution in [3.63, 3.8) is 0 Å². The molecule has 4 aromatic rings. The number of aromatic nitrogens is 2. The number of carbonyl (C=O) groups excluding carboxylic acids is 1. The lowest BCUT2D eigenvalue weighted by Crippen LogP contribution is -2.08. The van der Waals surface area contributed by atoms with Crippen molar-refractivity contribution in [3.8, 4) is 17.2 Å². The van der Waals surface area contributed by atoms with Crippen molar-refractivity contribution >= 4 is 38.8 Å². The number of fused-ring (bicyclic) bond motifs is 4. The van der Waals surface area contributed by atoms with Gasteiger partial charge in [-0.25, -0.2) is 14.8 Å². The first-order valence-electron chi connectivity index (χ1n) is 8.73. The van der Waals surface area contributed by atoms with E-state index in [0.717, 1.165) is 0 Å². The quantitative estimate of drug-likeness (QED) is 0.328. The number of benzene rings is 3. The van der Waals surface area contributed by atoms with E-state index in [1.165, 1.54) is 7.11 Å². The van der Waals surface area contributed by atoms with Crippen LogP contribution in [0.2, 0.25) is 0 Å². The molecular weight excluding hydrogens is 360 g/mol. The van der Waals surface area contributed by atoms with Crippen LogP contribution in [-0.4, -0.2) is 41.9 Å². The summed E-state index contributed by atoms with van der Waals surface area (Å²) in [5.41, 5.74) is 1.62. The van der Waals surface area contributed by atoms with Gasteiger partial charge in [0, 0.05) is 10.8 Å². The Hall–Kier alpha value is -3.61. The van der Waals surface area contributed by atoms with E-state index in [2.05, 4.69) is 4.98 Å². The zero-order valence-corrected chi connectivity index (χ0v) is 15.6. The topological polar surface area (TPSA) is 90.8 Å². The average molecular weight is 378 g/mol. The molecule has 28 heavy (non-hydrogen) atoms. The number of rotatable bonds is 4. The third-order valence-electron chi connectivity index (χ3n) is 4.58. The Labute approximate surface area is 160 Å². The van der Waals surface area contributed by atoms with Crippen LogP contribution in [0.25, 0.3) is 32.8 Å². The third kappa shape index (κ3) is 2.55. The molecule has 4 rings (SSSR count). The van der Waals surface area contributed by atoms with Crippen molar-refractivity contribution < 1.29 is 24.1 Å². The van der Waals surface area contributed by atoms with Crippen LogP contribution in [0.4, 0.5) is 0 Å².